The monoisotopic (exact) mass is 480 g/mol. The molecule has 0 heterocycles. The van der Waals surface area contributed by atoms with Crippen LogP contribution < -0.4 is 4.74 Å². The Hall–Kier alpha value is -1.99. The fourth-order valence-electron chi connectivity index (χ4n) is 3.52. The van der Waals surface area contributed by atoms with Crippen LogP contribution in [-0.4, -0.2) is 39.7 Å². The lowest BCUT2D eigenvalue weighted by Crippen LogP contribution is -2.21. The van der Waals surface area contributed by atoms with Gasteiger partial charge in [0.2, 0.25) is 0 Å². The number of ether oxygens (including phenoxy) is 2. The molecule has 1 aliphatic rings. The Bertz CT molecular complexity index is 1010. The number of benzene rings is 2. The molecule has 1 fully saturated rings. The molecule has 7 heteroatoms. The molecule has 0 aromatic heterocycles. The van der Waals surface area contributed by atoms with E-state index in [0.717, 1.165) is 12.8 Å². The van der Waals surface area contributed by atoms with E-state index in [4.69, 9.17) is 9.47 Å². The van der Waals surface area contributed by atoms with Gasteiger partial charge in [0.05, 0.1) is 24.7 Å². The highest BCUT2D eigenvalue weighted by Crippen LogP contribution is 2.33. The first-order valence-corrected chi connectivity index (χ1v) is 13.3. The molecular weight excluding hydrogens is 446 g/mol. The molecular formula is C26H34F2O4S. The van der Waals surface area contributed by atoms with Crippen LogP contribution in [0.1, 0.15) is 57.1 Å². The van der Waals surface area contributed by atoms with Crippen molar-refractivity contribution in [2.45, 2.75) is 46.0 Å². The van der Waals surface area contributed by atoms with Crippen LogP contribution in [0.2, 0.25) is 0 Å². The first kappa shape index (κ1) is 25.6. The molecule has 0 aliphatic heterocycles. The molecule has 0 amide bonds. The highest BCUT2D eigenvalue weighted by Gasteiger charge is 2.25. The van der Waals surface area contributed by atoms with Crippen molar-refractivity contribution in [2.24, 2.45) is 11.3 Å². The summed E-state index contributed by atoms with van der Waals surface area (Å²) in [5.74, 6) is -1.02. The third-order valence-corrected chi connectivity index (χ3v) is 7.25. The van der Waals surface area contributed by atoms with E-state index in [-0.39, 0.29) is 22.7 Å². The maximum absolute atomic E-state index is 14.3. The lowest BCUT2D eigenvalue weighted by molar-refractivity contribution is 0.0720. The average Bonchev–Trinajstić information content (AvgIpc) is 3.56. The van der Waals surface area contributed by atoms with Gasteiger partial charge in [-0.3, -0.25) is 0 Å². The summed E-state index contributed by atoms with van der Waals surface area (Å²) in [5.41, 5.74) is 1.30. The zero-order valence-electron chi connectivity index (χ0n) is 19.7. The number of hydrogen-bond donors (Lipinski definition) is 0. The third-order valence-electron chi connectivity index (χ3n) is 5.50. The number of halogens is 2. The standard InChI is InChI=1S/C26H34F2O4S/c1-26(2,3)18-31-13-4-14-33(29,30)17-23(20-7-10-22(27)11-8-20)21-9-12-24(28)25(15-21)32-16-19-5-6-19/h7-12,15,19,23H,4-6,13-14,16-18H2,1-3H3. The van der Waals surface area contributed by atoms with Gasteiger partial charge in [0.25, 0.3) is 0 Å². The van der Waals surface area contributed by atoms with Crippen molar-refractivity contribution in [3.8, 4) is 5.75 Å². The summed E-state index contributed by atoms with van der Waals surface area (Å²) in [6.07, 6.45) is 2.56. The zero-order valence-corrected chi connectivity index (χ0v) is 20.5. The van der Waals surface area contributed by atoms with E-state index in [1.807, 2.05) is 0 Å². The predicted molar refractivity (Wildman–Crippen MR) is 126 cm³/mol. The highest BCUT2D eigenvalue weighted by molar-refractivity contribution is 7.91. The molecule has 3 rings (SSSR count). The Balaban J connectivity index is 1.74. The molecule has 0 N–H and O–H groups in total. The van der Waals surface area contributed by atoms with Gasteiger partial charge in [-0.25, -0.2) is 17.2 Å². The van der Waals surface area contributed by atoms with Gasteiger partial charge in [-0.1, -0.05) is 39.0 Å². The number of sulfone groups is 1. The maximum Gasteiger partial charge on any atom is 0.165 e. The van der Waals surface area contributed by atoms with Crippen molar-refractivity contribution in [1.29, 1.82) is 0 Å². The van der Waals surface area contributed by atoms with Crippen molar-refractivity contribution in [3.63, 3.8) is 0 Å². The molecule has 182 valence electrons. The predicted octanol–water partition coefficient (Wildman–Crippen LogP) is 5.75. The Labute approximate surface area is 196 Å². The van der Waals surface area contributed by atoms with Crippen molar-refractivity contribution < 1.29 is 26.7 Å². The van der Waals surface area contributed by atoms with Crippen LogP contribution in [0.25, 0.3) is 0 Å². The van der Waals surface area contributed by atoms with Crippen LogP contribution in [0.3, 0.4) is 0 Å². The second kappa shape index (κ2) is 11.0. The van der Waals surface area contributed by atoms with Gasteiger partial charge in [0.15, 0.2) is 21.4 Å². The first-order chi connectivity index (χ1) is 15.5. The van der Waals surface area contributed by atoms with E-state index in [1.54, 1.807) is 24.3 Å². The summed E-state index contributed by atoms with van der Waals surface area (Å²) >= 11 is 0. The molecule has 0 spiro atoms. The van der Waals surface area contributed by atoms with Crippen LogP contribution in [0.4, 0.5) is 8.78 Å². The van der Waals surface area contributed by atoms with E-state index >= 15 is 0 Å². The minimum atomic E-state index is -3.45. The van der Waals surface area contributed by atoms with Gasteiger partial charge in [-0.05, 0) is 66.0 Å². The summed E-state index contributed by atoms with van der Waals surface area (Å²) in [7, 11) is -3.45. The van der Waals surface area contributed by atoms with Crippen LogP contribution in [-0.2, 0) is 14.6 Å². The molecule has 2 aromatic carbocycles. The summed E-state index contributed by atoms with van der Waals surface area (Å²) in [5, 5.41) is 0. The van der Waals surface area contributed by atoms with Crippen LogP contribution >= 0.6 is 0 Å². The Morgan fingerprint density at radius 1 is 1.03 bits per heavy atom. The van der Waals surface area contributed by atoms with E-state index in [0.29, 0.717) is 43.3 Å². The normalized spacial score (nSPS) is 15.4. The van der Waals surface area contributed by atoms with Crippen LogP contribution in [0.5, 0.6) is 5.75 Å². The fraction of sp³-hybridized carbons (Fsp3) is 0.538. The third kappa shape index (κ3) is 8.70. The van der Waals surface area contributed by atoms with Gasteiger partial charge >= 0.3 is 0 Å². The number of hydrogen-bond acceptors (Lipinski definition) is 4. The molecule has 1 unspecified atom stereocenters. The van der Waals surface area contributed by atoms with Crippen LogP contribution in [0, 0.1) is 23.0 Å². The van der Waals surface area contributed by atoms with Crippen molar-refractivity contribution >= 4 is 9.84 Å². The van der Waals surface area contributed by atoms with Crippen molar-refractivity contribution in [2.75, 3.05) is 31.3 Å². The Kier molecular flexibility index (Phi) is 8.51. The summed E-state index contributed by atoms with van der Waals surface area (Å²) < 4.78 is 65.0. The lowest BCUT2D eigenvalue weighted by Gasteiger charge is -2.20. The van der Waals surface area contributed by atoms with Crippen molar-refractivity contribution in [3.05, 3.63) is 65.2 Å². The molecule has 0 saturated heterocycles. The minimum Gasteiger partial charge on any atom is -0.490 e. The van der Waals surface area contributed by atoms with Gasteiger partial charge in [-0.2, -0.15) is 0 Å². The average molecular weight is 481 g/mol. The van der Waals surface area contributed by atoms with E-state index in [2.05, 4.69) is 20.8 Å². The maximum atomic E-state index is 14.3. The lowest BCUT2D eigenvalue weighted by atomic mass is 9.93. The smallest absolute Gasteiger partial charge is 0.165 e. The fourth-order valence-corrected chi connectivity index (χ4v) is 5.13. The largest absolute Gasteiger partial charge is 0.490 e. The Morgan fingerprint density at radius 2 is 1.70 bits per heavy atom. The van der Waals surface area contributed by atoms with E-state index in [1.165, 1.54) is 18.2 Å². The molecule has 0 radical (unpaired) electrons. The molecule has 1 saturated carbocycles. The van der Waals surface area contributed by atoms with E-state index < -0.39 is 27.4 Å². The second-order valence-corrected chi connectivity index (χ2v) is 12.4. The molecule has 4 nitrogen and oxygen atoms in total. The van der Waals surface area contributed by atoms with Gasteiger partial charge in [0.1, 0.15) is 5.82 Å². The molecule has 1 atom stereocenters. The van der Waals surface area contributed by atoms with Gasteiger partial charge < -0.3 is 9.47 Å². The SMILES string of the molecule is CC(C)(C)COCCCS(=O)(=O)CC(c1ccc(F)cc1)c1ccc(F)c(OCC2CC2)c1. The minimum absolute atomic E-state index is 0.0128. The van der Waals surface area contributed by atoms with E-state index in [9.17, 15) is 17.2 Å². The quantitative estimate of drug-likeness (QED) is 0.363. The molecule has 1 aliphatic carbocycles. The van der Waals surface area contributed by atoms with Gasteiger partial charge in [-0.15, -0.1) is 0 Å². The molecule has 33 heavy (non-hydrogen) atoms. The highest BCUT2D eigenvalue weighted by atomic mass is 32.2. The zero-order chi connectivity index (χ0) is 24.1. The Morgan fingerprint density at radius 3 is 2.33 bits per heavy atom. The topological polar surface area (TPSA) is 52.6 Å². The van der Waals surface area contributed by atoms with Crippen LogP contribution in [0.15, 0.2) is 42.5 Å². The number of rotatable bonds is 12. The molecule has 2 aromatic rings. The summed E-state index contributed by atoms with van der Waals surface area (Å²) in [6.45, 7) is 7.55. The van der Waals surface area contributed by atoms with Crippen molar-refractivity contribution in [1.82, 2.24) is 0 Å². The summed E-state index contributed by atoms with van der Waals surface area (Å²) in [6, 6.07) is 10.2. The first-order valence-electron chi connectivity index (χ1n) is 11.5. The second-order valence-electron chi connectivity index (χ2n) is 10.1. The molecule has 0 bridgehead atoms. The van der Waals surface area contributed by atoms with Gasteiger partial charge in [0, 0.05) is 12.5 Å². The summed E-state index contributed by atoms with van der Waals surface area (Å²) in [4.78, 5) is 0.